The van der Waals surface area contributed by atoms with Crippen LogP contribution < -0.4 is 16.6 Å². The highest BCUT2D eigenvalue weighted by atomic mass is 16.2. The van der Waals surface area contributed by atoms with Crippen molar-refractivity contribution in [2.24, 2.45) is 0 Å². The molecule has 3 N–H and O–H groups in total. The number of carbonyl (C=O) groups excluding carboxylic acids is 1. The summed E-state index contributed by atoms with van der Waals surface area (Å²) in [6, 6.07) is 9.99. The van der Waals surface area contributed by atoms with Gasteiger partial charge in [-0.25, -0.2) is 0 Å². The molecule has 0 radical (unpaired) electrons. The summed E-state index contributed by atoms with van der Waals surface area (Å²) in [6.07, 6.45) is 2.15. The van der Waals surface area contributed by atoms with Gasteiger partial charge in [-0.3, -0.25) is 9.59 Å². The zero-order valence-electron chi connectivity index (χ0n) is 12.2. The number of carbonyl (C=O) groups is 1. The smallest absolute Gasteiger partial charge is 0.254 e. The summed E-state index contributed by atoms with van der Waals surface area (Å²) in [5.41, 5.74) is 7.34. The van der Waals surface area contributed by atoms with Gasteiger partial charge in [-0.05, 0) is 31.5 Å². The van der Waals surface area contributed by atoms with E-state index in [9.17, 15) is 9.59 Å². The maximum Gasteiger partial charge on any atom is 0.254 e. The molecule has 0 aliphatic heterocycles. The Morgan fingerprint density at radius 2 is 2.00 bits per heavy atom. The third-order valence-corrected chi connectivity index (χ3v) is 3.41. The highest BCUT2D eigenvalue weighted by molar-refractivity contribution is 5.96. The number of pyridine rings is 1. The zero-order chi connectivity index (χ0) is 15.4. The van der Waals surface area contributed by atoms with E-state index in [4.69, 9.17) is 5.73 Å². The van der Waals surface area contributed by atoms with Gasteiger partial charge in [0, 0.05) is 11.8 Å². The standard InChI is InChI=1S/C16H19N3O2/c1-3-14(19-10-6-7-11(2)16(19)21)15(20)18-13-9-5-4-8-12(13)17/h4-10,14H,3,17H2,1-2H3,(H,18,20). The number of aromatic nitrogens is 1. The molecule has 2 aromatic rings. The molecule has 2 rings (SSSR count). The van der Waals surface area contributed by atoms with E-state index >= 15 is 0 Å². The molecule has 1 unspecified atom stereocenters. The molecule has 1 amide bonds. The van der Waals surface area contributed by atoms with Crippen LogP contribution in [-0.2, 0) is 4.79 Å². The van der Waals surface area contributed by atoms with E-state index in [1.165, 1.54) is 4.57 Å². The molecule has 0 saturated carbocycles. The quantitative estimate of drug-likeness (QED) is 0.846. The average molecular weight is 285 g/mol. The lowest BCUT2D eigenvalue weighted by Crippen LogP contribution is -2.33. The maximum absolute atomic E-state index is 12.4. The van der Waals surface area contributed by atoms with Crippen LogP contribution in [0.4, 0.5) is 11.4 Å². The lowest BCUT2D eigenvalue weighted by atomic mass is 10.1. The van der Waals surface area contributed by atoms with Crippen LogP contribution in [0.25, 0.3) is 0 Å². The minimum absolute atomic E-state index is 0.152. The fraction of sp³-hybridized carbons (Fsp3) is 0.250. The first kappa shape index (κ1) is 14.8. The Hall–Kier alpha value is -2.56. The van der Waals surface area contributed by atoms with Gasteiger partial charge in [-0.1, -0.05) is 25.1 Å². The van der Waals surface area contributed by atoms with Gasteiger partial charge in [-0.2, -0.15) is 0 Å². The molecule has 0 aliphatic carbocycles. The lowest BCUT2D eigenvalue weighted by molar-refractivity contribution is -0.119. The van der Waals surface area contributed by atoms with Crippen LogP contribution in [0.3, 0.4) is 0 Å². The molecule has 5 nitrogen and oxygen atoms in total. The topological polar surface area (TPSA) is 77.1 Å². The second kappa shape index (κ2) is 6.26. The summed E-state index contributed by atoms with van der Waals surface area (Å²) in [4.78, 5) is 24.6. The van der Waals surface area contributed by atoms with Crippen molar-refractivity contribution in [3.63, 3.8) is 0 Å². The number of hydrogen-bond donors (Lipinski definition) is 2. The molecule has 1 atom stereocenters. The van der Waals surface area contributed by atoms with Crippen LogP contribution in [0.1, 0.15) is 24.9 Å². The molecule has 1 heterocycles. The van der Waals surface area contributed by atoms with Gasteiger partial charge < -0.3 is 15.6 Å². The van der Waals surface area contributed by atoms with Crippen LogP contribution in [0.15, 0.2) is 47.4 Å². The molecular weight excluding hydrogens is 266 g/mol. The minimum Gasteiger partial charge on any atom is -0.397 e. The number of nitrogen functional groups attached to an aromatic ring is 1. The van der Waals surface area contributed by atoms with E-state index in [0.717, 1.165) is 0 Å². The number of nitrogens with two attached hydrogens (primary N) is 1. The van der Waals surface area contributed by atoms with Gasteiger partial charge in [0.05, 0.1) is 11.4 Å². The van der Waals surface area contributed by atoms with Crippen molar-refractivity contribution in [1.82, 2.24) is 4.57 Å². The number of para-hydroxylation sites is 2. The van der Waals surface area contributed by atoms with Crippen molar-refractivity contribution >= 4 is 17.3 Å². The number of nitrogens with zero attached hydrogens (tertiary/aromatic N) is 1. The number of amides is 1. The molecule has 0 saturated heterocycles. The van der Waals surface area contributed by atoms with E-state index < -0.39 is 6.04 Å². The normalized spacial score (nSPS) is 11.9. The number of benzene rings is 1. The summed E-state index contributed by atoms with van der Waals surface area (Å²) in [5.74, 6) is -0.247. The van der Waals surface area contributed by atoms with E-state index in [2.05, 4.69) is 5.32 Å². The highest BCUT2D eigenvalue weighted by Crippen LogP contribution is 2.19. The van der Waals surface area contributed by atoms with E-state index in [1.54, 1.807) is 49.5 Å². The number of hydrogen-bond acceptors (Lipinski definition) is 3. The summed E-state index contributed by atoms with van der Waals surface area (Å²) in [7, 11) is 0. The van der Waals surface area contributed by atoms with Crippen molar-refractivity contribution in [1.29, 1.82) is 0 Å². The Morgan fingerprint density at radius 3 is 2.67 bits per heavy atom. The SMILES string of the molecule is CCC(C(=O)Nc1ccccc1N)n1cccc(C)c1=O. The molecular formula is C16H19N3O2. The lowest BCUT2D eigenvalue weighted by Gasteiger charge is -2.18. The second-order valence-electron chi connectivity index (χ2n) is 4.90. The molecule has 0 bridgehead atoms. The van der Waals surface area contributed by atoms with Gasteiger partial charge in [0.15, 0.2) is 0 Å². The monoisotopic (exact) mass is 285 g/mol. The van der Waals surface area contributed by atoms with E-state index in [0.29, 0.717) is 23.4 Å². The van der Waals surface area contributed by atoms with Crippen molar-refractivity contribution < 1.29 is 4.79 Å². The average Bonchev–Trinajstić information content (AvgIpc) is 2.47. The Morgan fingerprint density at radius 1 is 1.29 bits per heavy atom. The van der Waals surface area contributed by atoms with E-state index in [1.807, 2.05) is 6.92 Å². The third kappa shape index (κ3) is 3.13. The first-order valence-corrected chi connectivity index (χ1v) is 6.87. The fourth-order valence-corrected chi connectivity index (χ4v) is 2.20. The van der Waals surface area contributed by atoms with Gasteiger partial charge >= 0.3 is 0 Å². The van der Waals surface area contributed by atoms with Crippen LogP contribution >= 0.6 is 0 Å². The molecule has 5 heteroatoms. The summed E-state index contributed by atoms with van der Waals surface area (Å²) in [5, 5.41) is 2.78. The minimum atomic E-state index is -0.558. The predicted octanol–water partition coefficient (Wildman–Crippen LogP) is 2.33. The highest BCUT2D eigenvalue weighted by Gasteiger charge is 2.20. The molecule has 0 fully saturated rings. The van der Waals surface area contributed by atoms with Crippen molar-refractivity contribution in [3.05, 3.63) is 58.5 Å². The zero-order valence-corrected chi connectivity index (χ0v) is 12.2. The number of aryl methyl sites for hydroxylation is 1. The van der Waals surface area contributed by atoms with Gasteiger partial charge in [0.25, 0.3) is 5.56 Å². The number of nitrogens with one attached hydrogen (secondary N) is 1. The second-order valence-corrected chi connectivity index (χ2v) is 4.90. The molecule has 1 aromatic heterocycles. The van der Waals surface area contributed by atoms with Crippen molar-refractivity contribution in [3.8, 4) is 0 Å². The van der Waals surface area contributed by atoms with Gasteiger partial charge in [0.2, 0.25) is 5.91 Å². The molecule has 0 spiro atoms. The Balaban J connectivity index is 2.30. The Kier molecular flexibility index (Phi) is 4.42. The van der Waals surface area contributed by atoms with Gasteiger partial charge in [0.1, 0.15) is 6.04 Å². The Bertz CT molecular complexity index is 707. The molecule has 1 aromatic carbocycles. The predicted molar refractivity (Wildman–Crippen MR) is 84.3 cm³/mol. The number of anilines is 2. The van der Waals surface area contributed by atoms with Gasteiger partial charge in [-0.15, -0.1) is 0 Å². The number of rotatable bonds is 4. The Labute approximate surface area is 123 Å². The maximum atomic E-state index is 12.4. The summed E-state index contributed by atoms with van der Waals surface area (Å²) in [6.45, 7) is 3.60. The fourth-order valence-electron chi connectivity index (χ4n) is 2.20. The first-order chi connectivity index (χ1) is 10.0. The summed E-state index contributed by atoms with van der Waals surface area (Å²) < 4.78 is 1.46. The molecule has 0 aliphatic rings. The largest absolute Gasteiger partial charge is 0.397 e. The third-order valence-electron chi connectivity index (χ3n) is 3.41. The molecule has 110 valence electrons. The van der Waals surface area contributed by atoms with Crippen LogP contribution in [0, 0.1) is 6.92 Å². The molecule has 21 heavy (non-hydrogen) atoms. The van der Waals surface area contributed by atoms with Crippen molar-refractivity contribution in [2.45, 2.75) is 26.3 Å². The van der Waals surface area contributed by atoms with Crippen LogP contribution in [0.5, 0.6) is 0 Å². The van der Waals surface area contributed by atoms with Crippen LogP contribution in [0.2, 0.25) is 0 Å². The van der Waals surface area contributed by atoms with E-state index in [-0.39, 0.29) is 11.5 Å². The first-order valence-electron chi connectivity index (χ1n) is 6.87. The summed E-state index contributed by atoms with van der Waals surface area (Å²) >= 11 is 0. The van der Waals surface area contributed by atoms with Crippen molar-refractivity contribution in [2.75, 3.05) is 11.1 Å². The van der Waals surface area contributed by atoms with Crippen LogP contribution in [-0.4, -0.2) is 10.5 Å².